The normalized spacial score (nSPS) is 30.2. The molecule has 0 heterocycles. The second kappa shape index (κ2) is 6.24. The average Bonchev–Trinajstić information content (AvgIpc) is 2.24. The van der Waals surface area contributed by atoms with Gasteiger partial charge in [0.1, 0.15) is 0 Å². The zero-order valence-electron chi connectivity index (χ0n) is 10.5. The van der Waals surface area contributed by atoms with E-state index in [9.17, 15) is 9.90 Å². The van der Waals surface area contributed by atoms with Crippen LogP contribution in [-0.4, -0.2) is 24.3 Å². The fourth-order valence-corrected chi connectivity index (χ4v) is 2.70. The summed E-state index contributed by atoms with van der Waals surface area (Å²) in [6, 6.07) is 0. The molecule has 0 aromatic carbocycles. The molecule has 0 aliphatic heterocycles. The van der Waals surface area contributed by atoms with Crippen LogP contribution in [-0.2, 0) is 9.53 Å². The highest BCUT2D eigenvalue weighted by molar-refractivity contribution is 5.74. The Bertz CT molecular complexity index is 227. The van der Waals surface area contributed by atoms with Gasteiger partial charge in [0.05, 0.1) is 5.41 Å². The molecule has 3 heteroatoms. The van der Waals surface area contributed by atoms with Gasteiger partial charge in [0.25, 0.3) is 0 Å². The molecule has 0 radical (unpaired) electrons. The number of carboxylic acid groups (broad SMARTS) is 1. The lowest BCUT2D eigenvalue weighted by atomic mass is 9.68. The van der Waals surface area contributed by atoms with E-state index in [1.807, 2.05) is 0 Å². The maximum absolute atomic E-state index is 11.4. The number of rotatable bonds is 6. The standard InChI is InChI=1S/C13H24O3/c1-3-8-16-9-7-13(12(14)15)6-4-5-11(2)10-13/h11H,3-10H2,1-2H3,(H,14,15). The summed E-state index contributed by atoms with van der Waals surface area (Å²) in [7, 11) is 0. The summed E-state index contributed by atoms with van der Waals surface area (Å²) < 4.78 is 5.43. The third kappa shape index (κ3) is 3.48. The number of carboxylic acids is 1. The molecule has 1 N–H and O–H groups in total. The Morgan fingerprint density at radius 3 is 2.81 bits per heavy atom. The van der Waals surface area contributed by atoms with E-state index in [4.69, 9.17) is 4.74 Å². The van der Waals surface area contributed by atoms with Gasteiger partial charge in [-0.3, -0.25) is 4.79 Å². The first-order valence-corrected chi connectivity index (χ1v) is 6.42. The monoisotopic (exact) mass is 228 g/mol. The molecule has 1 saturated carbocycles. The summed E-state index contributed by atoms with van der Waals surface area (Å²) >= 11 is 0. The van der Waals surface area contributed by atoms with Gasteiger partial charge in [0.2, 0.25) is 0 Å². The Balaban J connectivity index is 2.48. The van der Waals surface area contributed by atoms with Gasteiger partial charge in [-0.15, -0.1) is 0 Å². The van der Waals surface area contributed by atoms with E-state index in [-0.39, 0.29) is 0 Å². The molecule has 0 aromatic rings. The molecule has 1 rings (SSSR count). The van der Waals surface area contributed by atoms with Crippen molar-refractivity contribution in [1.29, 1.82) is 0 Å². The van der Waals surface area contributed by atoms with Crippen molar-refractivity contribution < 1.29 is 14.6 Å². The minimum absolute atomic E-state index is 0.509. The van der Waals surface area contributed by atoms with Crippen LogP contribution in [0.2, 0.25) is 0 Å². The third-order valence-electron chi connectivity index (χ3n) is 3.62. The van der Waals surface area contributed by atoms with E-state index in [0.717, 1.165) is 32.3 Å². The number of carbonyl (C=O) groups is 1. The van der Waals surface area contributed by atoms with Crippen molar-refractivity contribution in [3.63, 3.8) is 0 Å². The number of hydrogen-bond acceptors (Lipinski definition) is 2. The SMILES string of the molecule is CCCOCCC1(C(=O)O)CCCC(C)C1. The molecule has 0 aromatic heterocycles. The van der Waals surface area contributed by atoms with Crippen LogP contribution in [0.15, 0.2) is 0 Å². The largest absolute Gasteiger partial charge is 0.481 e. The summed E-state index contributed by atoms with van der Waals surface area (Å²) in [4.78, 5) is 11.4. The number of ether oxygens (including phenoxy) is 1. The van der Waals surface area contributed by atoms with Gasteiger partial charge >= 0.3 is 5.97 Å². The Labute approximate surface area is 98.2 Å². The maximum Gasteiger partial charge on any atom is 0.309 e. The van der Waals surface area contributed by atoms with Crippen LogP contribution in [0.5, 0.6) is 0 Å². The molecule has 16 heavy (non-hydrogen) atoms. The summed E-state index contributed by atoms with van der Waals surface area (Å²) in [5, 5.41) is 9.41. The molecule has 2 unspecified atom stereocenters. The first kappa shape index (κ1) is 13.5. The van der Waals surface area contributed by atoms with Crippen LogP contribution in [0.3, 0.4) is 0 Å². The van der Waals surface area contributed by atoms with Crippen molar-refractivity contribution in [2.45, 2.75) is 52.4 Å². The van der Waals surface area contributed by atoms with Gasteiger partial charge in [-0.25, -0.2) is 0 Å². The average molecular weight is 228 g/mol. The highest BCUT2D eigenvalue weighted by Crippen LogP contribution is 2.42. The molecule has 0 amide bonds. The zero-order valence-corrected chi connectivity index (χ0v) is 10.5. The first-order valence-electron chi connectivity index (χ1n) is 6.42. The molecule has 3 nitrogen and oxygen atoms in total. The molecule has 94 valence electrons. The van der Waals surface area contributed by atoms with Crippen LogP contribution >= 0.6 is 0 Å². The summed E-state index contributed by atoms with van der Waals surface area (Å²) in [5.74, 6) is -0.0878. The van der Waals surface area contributed by atoms with E-state index < -0.39 is 11.4 Å². The van der Waals surface area contributed by atoms with E-state index in [2.05, 4.69) is 13.8 Å². The first-order chi connectivity index (χ1) is 7.60. The highest BCUT2D eigenvalue weighted by atomic mass is 16.5. The zero-order chi connectivity index (χ0) is 12.0. The molecular weight excluding hydrogens is 204 g/mol. The van der Waals surface area contributed by atoms with E-state index in [0.29, 0.717) is 18.9 Å². The maximum atomic E-state index is 11.4. The molecule has 0 saturated heterocycles. The molecule has 0 bridgehead atoms. The van der Waals surface area contributed by atoms with Crippen molar-refractivity contribution in [3.8, 4) is 0 Å². The Morgan fingerprint density at radius 2 is 2.25 bits per heavy atom. The lowest BCUT2D eigenvalue weighted by molar-refractivity contribution is -0.153. The summed E-state index contributed by atoms with van der Waals surface area (Å²) in [6.45, 7) is 5.55. The van der Waals surface area contributed by atoms with Crippen LogP contribution in [0.25, 0.3) is 0 Å². The van der Waals surface area contributed by atoms with Crippen LogP contribution < -0.4 is 0 Å². The van der Waals surface area contributed by atoms with Gasteiger partial charge in [0.15, 0.2) is 0 Å². The second-order valence-electron chi connectivity index (χ2n) is 5.15. The van der Waals surface area contributed by atoms with Gasteiger partial charge in [-0.1, -0.05) is 26.7 Å². The minimum atomic E-state index is -0.626. The Morgan fingerprint density at radius 1 is 1.50 bits per heavy atom. The quantitative estimate of drug-likeness (QED) is 0.711. The van der Waals surface area contributed by atoms with Gasteiger partial charge in [0, 0.05) is 13.2 Å². The lowest BCUT2D eigenvalue weighted by Crippen LogP contribution is -2.37. The third-order valence-corrected chi connectivity index (χ3v) is 3.62. The van der Waals surface area contributed by atoms with Crippen LogP contribution in [0.4, 0.5) is 0 Å². The molecular formula is C13H24O3. The number of aliphatic carboxylic acids is 1. The van der Waals surface area contributed by atoms with Crippen LogP contribution in [0, 0.1) is 11.3 Å². The van der Waals surface area contributed by atoms with Gasteiger partial charge in [-0.2, -0.15) is 0 Å². The fraction of sp³-hybridized carbons (Fsp3) is 0.923. The lowest BCUT2D eigenvalue weighted by Gasteiger charge is -2.36. The smallest absolute Gasteiger partial charge is 0.309 e. The van der Waals surface area contributed by atoms with Crippen molar-refractivity contribution in [3.05, 3.63) is 0 Å². The van der Waals surface area contributed by atoms with Gasteiger partial charge < -0.3 is 9.84 Å². The molecule has 1 fully saturated rings. The number of hydrogen-bond donors (Lipinski definition) is 1. The Kier molecular flexibility index (Phi) is 5.26. The van der Waals surface area contributed by atoms with E-state index >= 15 is 0 Å². The summed E-state index contributed by atoms with van der Waals surface area (Å²) in [5.41, 5.74) is -0.509. The molecule has 1 aliphatic rings. The van der Waals surface area contributed by atoms with E-state index in [1.54, 1.807) is 0 Å². The van der Waals surface area contributed by atoms with Crippen molar-refractivity contribution in [2.75, 3.05) is 13.2 Å². The Hall–Kier alpha value is -0.570. The molecule has 1 aliphatic carbocycles. The predicted molar refractivity (Wildman–Crippen MR) is 63.4 cm³/mol. The summed E-state index contributed by atoms with van der Waals surface area (Å²) in [6.07, 6.45) is 5.52. The van der Waals surface area contributed by atoms with Crippen molar-refractivity contribution >= 4 is 5.97 Å². The molecule has 2 atom stereocenters. The fourth-order valence-electron chi connectivity index (χ4n) is 2.70. The molecule has 0 spiro atoms. The second-order valence-corrected chi connectivity index (χ2v) is 5.15. The van der Waals surface area contributed by atoms with E-state index in [1.165, 1.54) is 6.42 Å². The van der Waals surface area contributed by atoms with Crippen molar-refractivity contribution in [1.82, 2.24) is 0 Å². The highest BCUT2D eigenvalue weighted by Gasteiger charge is 2.41. The van der Waals surface area contributed by atoms with Crippen LogP contribution in [0.1, 0.15) is 52.4 Å². The van der Waals surface area contributed by atoms with Crippen molar-refractivity contribution in [2.24, 2.45) is 11.3 Å². The topological polar surface area (TPSA) is 46.5 Å². The minimum Gasteiger partial charge on any atom is -0.481 e. The predicted octanol–water partition coefficient (Wildman–Crippen LogP) is 3.08. The van der Waals surface area contributed by atoms with Gasteiger partial charge in [-0.05, 0) is 31.6 Å².